The summed E-state index contributed by atoms with van der Waals surface area (Å²) in [5, 5.41) is 11.6. The number of ether oxygens (including phenoxy) is 1. The molecule has 2 heterocycles. The van der Waals surface area contributed by atoms with Crippen molar-refractivity contribution in [2.75, 3.05) is 11.5 Å². The molecule has 1 aliphatic heterocycles. The van der Waals surface area contributed by atoms with E-state index >= 15 is 0 Å². The van der Waals surface area contributed by atoms with Crippen LogP contribution in [-0.2, 0) is 9.59 Å². The molecule has 4 rings (SSSR count). The molecule has 164 valence electrons. The van der Waals surface area contributed by atoms with E-state index in [9.17, 15) is 14.7 Å². The number of carbonyl (C=O) groups excluding carboxylic acids is 2. The van der Waals surface area contributed by atoms with Gasteiger partial charge in [-0.2, -0.15) is 0 Å². The van der Waals surface area contributed by atoms with Gasteiger partial charge in [0.05, 0.1) is 18.4 Å². The lowest BCUT2D eigenvalue weighted by Crippen LogP contribution is -2.29. The van der Waals surface area contributed by atoms with E-state index in [1.54, 1.807) is 60.7 Å². The number of anilines is 1. The average molecular weight is 452 g/mol. The van der Waals surface area contributed by atoms with Crippen LogP contribution in [0, 0.1) is 5.92 Å². The van der Waals surface area contributed by atoms with Gasteiger partial charge in [-0.3, -0.25) is 14.5 Å². The maximum absolute atomic E-state index is 13.1. The number of Topliss-reactive ketones (excluding diaryl/α,β-unsaturated/α-hetero) is 1. The molecule has 0 bridgehead atoms. The maximum atomic E-state index is 13.1. The second-order valence-corrected chi connectivity index (χ2v) is 8.33. The van der Waals surface area contributed by atoms with Gasteiger partial charge in [0.2, 0.25) is 0 Å². The van der Waals surface area contributed by atoms with Crippen molar-refractivity contribution in [3.8, 4) is 5.75 Å². The lowest BCUT2D eigenvalue weighted by atomic mass is 9.99. The third-order valence-electron chi connectivity index (χ3n) is 5.05. The second-order valence-electron chi connectivity index (χ2n) is 7.89. The number of hydrogen-bond donors (Lipinski definition) is 1. The van der Waals surface area contributed by atoms with Gasteiger partial charge in [-0.15, -0.1) is 0 Å². The monoisotopic (exact) mass is 451 g/mol. The van der Waals surface area contributed by atoms with Crippen molar-refractivity contribution in [2.45, 2.75) is 19.9 Å². The summed E-state index contributed by atoms with van der Waals surface area (Å²) in [5.74, 6) is -0.612. The summed E-state index contributed by atoms with van der Waals surface area (Å²) in [6.07, 6.45) is 1.46. The summed E-state index contributed by atoms with van der Waals surface area (Å²) in [6.45, 7) is 4.58. The summed E-state index contributed by atoms with van der Waals surface area (Å²) in [7, 11) is 0. The first kappa shape index (κ1) is 21.7. The molecule has 0 spiro atoms. The highest BCUT2D eigenvalue weighted by molar-refractivity contribution is 6.51. The van der Waals surface area contributed by atoms with Gasteiger partial charge in [0.25, 0.3) is 11.7 Å². The Kier molecular flexibility index (Phi) is 6.06. The zero-order valence-electron chi connectivity index (χ0n) is 17.6. The Morgan fingerprint density at radius 1 is 1.12 bits per heavy atom. The Morgan fingerprint density at radius 3 is 2.53 bits per heavy atom. The van der Waals surface area contributed by atoms with Gasteiger partial charge in [0.15, 0.2) is 0 Å². The van der Waals surface area contributed by atoms with Crippen LogP contribution in [0.15, 0.2) is 76.9 Å². The maximum Gasteiger partial charge on any atom is 0.300 e. The number of aliphatic hydroxyl groups excluding tert-OH is 1. The van der Waals surface area contributed by atoms with Crippen LogP contribution in [0.25, 0.3) is 5.76 Å². The van der Waals surface area contributed by atoms with Crippen LogP contribution in [0.2, 0.25) is 5.02 Å². The number of benzene rings is 2. The van der Waals surface area contributed by atoms with Gasteiger partial charge in [-0.25, -0.2) is 0 Å². The molecule has 1 atom stereocenters. The Morgan fingerprint density at radius 2 is 1.88 bits per heavy atom. The van der Waals surface area contributed by atoms with Gasteiger partial charge in [0, 0.05) is 16.3 Å². The molecular formula is C25H22ClNO5. The molecule has 1 saturated heterocycles. The number of carbonyl (C=O) groups is 2. The number of hydrogen-bond acceptors (Lipinski definition) is 5. The number of ketones is 1. The highest BCUT2D eigenvalue weighted by atomic mass is 35.5. The predicted octanol–water partition coefficient (Wildman–Crippen LogP) is 5.59. The minimum atomic E-state index is -0.925. The first-order chi connectivity index (χ1) is 15.4. The van der Waals surface area contributed by atoms with Crippen LogP contribution in [0.1, 0.15) is 31.2 Å². The SMILES string of the molecule is CC(C)COc1cccc(/C(O)=C2/C(=O)C(=O)N(c3ccc(Cl)cc3)C2c2ccco2)c1. The molecule has 1 unspecified atom stereocenters. The van der Waals surface area contributed by atoms with Crippen LogP contribution in [0.3, 0.4) is 0 Å². The third-order valence-corrected chi connectivity index (χ3v) is 5.30. The Labute approximate surface area is 190 Å². The van der Waals surface area contributed by atoms with Crippen LogP contribution >= 0.6 is 11.6 Å². The smallest absolute Gasteiger partial charge is 0.300 e. The molecule has 1 aromatic heterocycles. The van der Waals surface area contributed by atoms with Crippen molar-refractivity contribution < 1.29 is 23.8 Å². The second kappa shape index (κ2) is 8.93. The van der Waals surface area contributed by atoms with E-state index in [2.05, 4.69) is 0 Å². The summed E-state index contributed by atoms with van der Waals surface area (Å²) in [5.41, 5.74) is 0.781. The van der Waals surface area contributed by atoms with E-state index < -0.39 is 17.7 Å². The minimum absolute atomic E-state index is 0.0547. The molecule has 0 radical (unpaired) electrons. The van der Waals surface area contributed by atoms with Crippen LogP contribution < -0.4 is 9.64 Å². The fourth-order valence-electron chi connectivity index (χ4n) is 3.57. The van der Waals surface area contributed by atoms with Gasteiger partial charge in [-0.1, -0.05) is 37.6 Å². The quantitative estimate of drug-likeness (QED) is 0.300. The molecule has 32 heavy (non-hydrogen) atoms. The molecule has 1 amide bonds. The van der Waals surface area contributed by atoms with Crippen LogP contribution in [0.4, 0.5) is 5.69 Å². The van der Waals surface area contributed by atoms with E-state index in [-0.39, 0.29) is 11.3 Å². The molecule has 1 N–H and O–H groups in total. The fraction of sp³-hybridized carbons (Fsp3) is 0.200. The molecule has 7 heteroatoms. The van der Waals surface area contributed by atoms with Crippen LogP contribution in [-0.4, -0.2) is 23.4 Å². The van der Waals surface area contributed by atoms with E-state index in [1.165, 1.54) is 11.2 Å². The van der Waals surface area contributed by atoms with Gasteiger partial charge in [-0.05, 0) is 54.4 Å². The zero-order chi connectivity index (χ0) is 22.8. The number of aliphatic hydroxyl groups is 1. The first-order valence-corrected chi connectivity index (χ1v) is 10.6. The topological polar surface area (TPSA) is 80.0 Å². The fourth-order valence-corrected chi connectivity index (χ4v) is 3.69. The van der Waals surface area contributed by atoms with Gasteiger partial charge >= 0.3 is 0 Å². The van der Waals surface area contributed by atoms with Gasteiger partial charge in [0.1, 0.15) is 23.3 Å². The molecular weight excluding hydrogens is 430 g/mol. The van der Waals surface area contributed by atoms with Crippen molar-refractivity contribution >= 4 is 34.7 Å². The predicted molar refractivity (Wildman–Crippen MR) is 122 cm³/mol. The lowest BCUT2D eigenvalue weighted by molar-refractivity contribution is -0.132. The normalized spacial score (nSPS) is 17.9. The number of nitrogens with zero attached hydrogens (tertiary/aromatic N) is 1. The zero-order valence-corrected chi connectivity index (χ0v) is 18.4. The Hall–Kier alpha value is -3.51. The molecule has 3 aromatic rings. The molecule has 6 nitrogen and oxygen atoms in total. The van der Waals surface area contributed by atoms with E-state index in [0.29, 0.717) is 40.3 Å². The van der Waals surface area contributed by atoms with E-state index in [1.807, 2.05) is 13.8 Å². The van der Waals surface area contributed by atoms with Crippen molar-refractivity contribution in [3.05, 3.63) is 88.8 Å². The van der Waals surface area contributed by atoms with Crippen molar-refractivity contribution in [1.29, 1.82) is 0 Å². The first-order valence-electron chi connectivity index (χ1n) is 10.2. The largest absolute Gasteiger partial charge is 0.507 e. The number of amides is 1. The van der Waals surface area contributed by atoms with Crippen molar-refractivity contribution in [1.82, 2.24) is 0 Å². The van der Waals surface area contributed by atoms with E-state index in [4.69, 9.17) is 20.8 Å². The standard InChI is InChI=1S/C25H22ClNO5/c1-15(2)14-32-19-6-3-5-16(13-19)23(28)21-22(20-7-4-12-31-20)27(25(30)24(21)29)18-10-8-17(26)9-11-18/h3-13,15,22,28H,14H2,1-2H3/b23-21-. The number of furan rings is 1. The third kappa shape index (κ3) is 4.14. The summed E-state index contributed by atoms with van der Waals surface area (Å²) in [6, 6.07) is 15.7. The van der Waals surface area contributed by atoms with Crippen molar-refractivity contribution in [3.63, 3.8) is 0 Å². The minimum Gasteiger partial charge on any atom is -0.507 e. The van der Waals surface area contributed by atoms with Gasteiger partial charge < -0.3 is 14.3 Å². The van der Waals surface area contributed by atoms with Crippen molar-refractivity contribution in [2.24, 2.45) is 5.92 Å². The number of halogens is 1. The molecule has 0 saturated carbocycles. The van der Waals surface area contributed by atoms with E-state index in [0.717, 1.165) is 0 Å². The Balaban J connectivity index is 1.82. The summed E-state index contributed by atoms with van der Waals surface area (Å²) in [4.78, 5) is 27.4. The molecule has 1 aliphatic rings. The lowest BCUT2D eigenvalue weighted by Gasteiger charge is -2.23. The average Bonchev–Trinajstić information content (AvgIpc) is 3.40. The Bertz CT molecular complexity index is 1170. The molecule has 2 aromatic carbocycles. The molecule has 0 aliphatic carbocycles. The van der Waals surface area contributed by atoms with Crippen LogP contribution in [0.5, 0.6) is 5.75 Å². The summed E-state index contributed by atoms with van der Waals surface area (Å²) >= 11 is 5.99. The summed E-state index contributed by atoms with van der Waals surface area (Å²) < 4.78 is 11.3. The number of rotatable bonds is 6. The molecule has 1 fully saturated rings. The highest BCUT2D eigenvalue weighted by Gasteiger charge is 2.48. The highest BCUT2D eigenvalue weighted by Crippen LogP contribution is 2.42.